The number of hydrogen-bond acceptors (Lipinski definition) is 4. The van der Waals surface area contributed by atoms with Crippen molar-refractivity contribution in [2.24, 2.45) is 5.92 Å². The van der Waals surface area contributed by atoms with Crippen molar-refractivity contribution in [3.63, 3.8) is 0 Å². The van der Waals surface area contributed by atoms with Crippen LogP contribution >= 0.6 is 11.6 Å². The highest BCUT2D eigenvalue weighted by molar-refractivity contribution is 6.32. The Bertz CT molecular complexity index is 556. The predicted octanol–water partition coefficient (Wildman–Crippen LogP) is 1.89. The van der Waals surface area contributed by atoms with Crippen molar-refractivity contribution >= 4 is 23.5 Å². The number of carbonyl (C=O) groups excluding carboxylic acids is 2. The van der Waals surface area contributed by atoms with E-state index in [1.165, 1.54) is 0 Å². The fourth-order valence-electron chi connectivity index (χ4n) is 2.53. The first kappa shape index (κ1) is 15.8. The predicted molar refractivity (Wildman–Crippen MR) is 78.3 cm³/mol. The Morgan fingerprint density at radius 1 is 1.43 bits per heavy atom. The van der Waals surface area contributed by atoms with Gasteiger partial charge >= 0.3 is 5.97 Å². The van der Waals surface area contributed by atoms with E-state index in [2.05, 4.69) is 5.10 Å². The molecule has 1 aromatic rings. The number of ether oxygens (including phenoxy) is 1. The second kappa shape index (κ2) is 6.47. The van der Waals surface area contributed by atoms with Crippen molar-refractivity contribution in [2.75, 3.05) is 19.7 Å². The molecule has 0 radical (unpaired) electrons. The summed E-state index contributed by atoms with van der Waals surface area (Å²) in [7, 11) is 0. The van der Waals surface area contributed by atoms with Crippen molar-refractivity contribution < 1.29 is 14.3 Å². The standard InChI is InChI=1S/C14H20ClN3O3/c1-4-17-7-10(6-11(17)19)8-21-14(20)12-9(3)16-18(5-2)13(12)15/h10H,4-8H2,1-3H3/t10-/m0/s1. The summed E-state index contributed by atoms with van der Waals surface area (Å²) in [6.45, 7) is 7.72. The van der Waals surface area contributed by atoms with Crippen molar-refractivity contribution in [3.8, 4) is 0 Å². The van der Waals surface area contributed by atoms with Gasteiger partial charge in [-0.25, -0.2) is 4.79 Å². The summed E-state index contributed by atoms with van der Waals surface area (Å²) >= 11 is 6.13. The summed E-state index contributed by atoms with van der Waals surface area (Å²) in [5.74, 6) is -0.298. The van der Waals surface area contributed by atoms with Crippen molar-refractivity contribution in [3.05, 3.63) is 16.4 Å². The Morgan fingerprint density at radius 2 is 2.14 bits per heavy atom. The maximum absolute atomic E-state index is 12.1. The Labute approximate surface area is 129 Å². The summed E-state index contributed by atoms with van der Waals surface area (Å²) < 4.78 is 6.88. The van der Waals surface area contributed by atoms with Crippen molar-refractivity contribution in [1.29, 1.82) is 0 Å². The van der Waals surface area contributed by atoms with Crippen LogP contribution in [0.5, 0.6) is 0 Å². The minimum Gasteiger partial charge on any atom is -0.462 e. The lowest BCUT2D eigenvalue weighted by molar-refractivity contribution is -0.127. The third-order valence-electron chi connectivity index (χ3n) is 3.70. The minimum atomic E-state index is -0.473. The molecule has 1 aliphatic rings. The van der Waals surface area contributed by atoms with E-state index >= 15 is 0 Å². The van der Waals surface area contributed by atoms with Crippen LogP contribution in [0.25, 0.3) is 0 Å². The third-order valence-corrected chi connectivity index (χ3v) is 4.08. The largest absolute Gasteiger partial charge is 0.462 e. The molecule has 0 aromatic carbocycles. The van der Waals surface area contributed by atoms with Crippen LogP contribution < -0.4 is 0 Å². The zero-order valence-electron chi connectivity index (χ0n) is 12.6. The van der Waals surface area contributed by atoms with E-state index in [-0.39, 0.29) is 18.4 Å². The van der Waals surface area contributed by atoms with E-state index in [9.17, 15) is 9.59 Å². The van der Waals surface area contributed by atoms with Gasteiger partial charge in [-0.1, -0.05) is 11.6 Å². The van der Waals surface area contributed by atoms with Crippen LogP contribution in [-0.4, -0.2) is 46.3 Å². The molecule has 21 heavy (non-hydrogen) atoms. The summed E-state index contributed by atoms with van der Waals surface area (Å²) in [5, 5.41) is 4.49. The van der Waals surface area contributed by atoms with Crippen molar-refractivity contribution in [1.82, 2.24) is 14.7 Å². The fourth-order valence-corrected chi connectivity index (χ4v) is 2.90. The molecular weight excluding hydrogens is 294 g/mol. The number of aromatic nitrogens is 2. The van der Waals surface area contributed by atoms with Crippen LogP contribution in [-0.2, 0) is 16.1 Å². The fraction of sp³-hybridized carbons (Fsp3) is 0.643. The molecule has 2 rings (SSSR count). The molecule has 1 aromatic heterocycles. The molecule has 1 atom stereocenters. The summed E-state index contributed by atoms with van der Waals surface area (Å²) in [5.41, 5.74) is 0.875. The van der Waals surface area contributed by atoms with E-state index in [1.807, 2.05) is 13.8 Å². The first-order valence-corrected chi connectivity index (χ1v) is 7.53. The summed E-state index contributed by atoms with van der Waals surface area (Å²) in [4.78, 5) is 25.5. The number of nitrogens with zero attached hydrogens (tertiary/aromatic N) is 3. The van der Waals surface area contributed by atoms with Crippen molar-refractivity contribution in [2.45, 2.75) is 33.7 Å². The first-order chi connectivity index (χ1) is 9.97. The molecule has 0 unspecified atom stereocenters. The highest BCUT2D eigenvalue weighted by Gasteiger charge is 2.30. The number of amides is 1. The summed E-state index contributed by atoms with van der Waals surface area (Å²) in [6, 6.07) is 0. The molecule has 7 heteroatoms. The molecule has 0 bridgehead atoms. The van der Waals surface area contributed by atoms with Gasteiger partial charge in [-0.05, 0) is 20.8 Å². The number of esters is 1. The maximum Gasteiger partial charge on any atom is 0.343 e. The van der Waals surface area contributed by atoms with E-state index in [4.69, 9.17) is 16.3 Å². The maximum atomic E-state index is 12.1. The first-order valence-electron chi connectivity index (χ1n) is 7.15. The highest BCUT2D eigenvalue weighted by atomic mass is 35.5. The molecule has 1 fully saturated rings. The van der Waals surface area contributed by atoms with Gasteiger partial charge in [0.15, 0.2) is 0 Å². The SMILES string of the molecule is CCN1C[C@@H](COC(=O)c2c(C)nn(CC)c2Cl)CC1=O. The Kier molecular flexibility index (Phi) is 4.88. The van der Waals surface area contributed by atoms with Gasteiger partial charge in [0, 0.05) is 32.0 Å². The quantitative estimate of drug-likeness (QED) is 0.779. The highest BCUT2D eigenvalue weighted by Crippen LogP contribution is 2.22. The molecule has 0 saturated carbocycles. The van der Waals surface area contributed by atoms with Crippen LogP contribution in [0.1, 0.15) is 36.3 Å². The van der Waals surface area contributed by atoms with Gasteiger partial charge in [0.2, 0.25) is 5.91 Å². The lowest BCUT2D eigenvalue weighted by atomic mass is 10.1. The molecule has 2 heterocycles. The molecular formula is C14H20ClN3O3. The Morgan fingerprint density at radius 3 is 2.67 bits per heavy atom. The van der Waals surface area contributed by atoms with E-state index in [0.29, 0.717) is 42.5 Å². The summed E-state index contributed by atoms with van der Waals surface area (Å²) in [6.07, 6.45) is 0.433. The van der Waals surface area contributed by atoms with Gasteiger partial charge in [-0.2, -0.15) is 5.10 Å². The van der Waals surface area contributed by atoms with E-state index in [1.54, 1.807) is 16.5 Å². The second-order valence-electron chi connectivity index (χ2n) is 5.17. The molecule has 0 aliphatic carbocycles. The van der Waals surface area contributed by atoms with Gasteiger partial charge in [-0.15, -0.1) is 0 Å². The van der Waals surface area contributed by atoms with Crippen LogP contribution in [0.15, 0.2) is 0 Å². The van der Waals surface area contributed by atoms with Gasteiger partial charge in [0.05, 0.1) is 12.3 Å². The number of hydrogen-bond donors (Lipinski definition) is 0. The smallest absolute Gasteiger partial charge is 0.343 e. The topological polar surface area (TPSA) is 64.4 Å². The Balaban J connectivity index is 1.97. The number of likely N-dealkylation sites (tertiary alicyclic amines) is 1. The number of rotatable bonds is 5. The number of aryl methyl sites for hydroxylation is 2. The number of halogens is 1. The van der Waals surface area contributed by atoms with Gasteiger partial charge in [0.25, 0.3) is 0 Å². The molecule has 1 aliphatic heterocycles. The molecule has 0 spiro atoms. The number of carbonyl (C=O) groups is 2. The lowest BCUT2D eigenvalue weighted by Crippen LogP contribution is -2.25. The zero-order chi connectivity index (χ0) is 15.6. The van der Waals surface area contributed by atoms with E-state index in [0.717, 1.165) is 0 Å². The molecule has 1 amide bonds. The third kappa shape index (κ3) is 3.20. The molecule has 0 N–H and O–H groups in total. The zero-order valence-corrected chi connectivity index (χ0v) is 13.3. The average Bonchev–Trinajstić information content (AvgIpc) is 2.96. The van der Waals surface area contributed by atoms with Gasteiger partial charge < -0.3 is 9.64 Å². The van der Waals surface area contributed by atoms with E-state index < -0.39 is 5.97 Å². The molecule has 116 valence electrons. The molecule has 1 saturated heterocycles. The van der Waals surface area contributed by atoms with Crippen LogP contribution in [0.3, 0.4) is 0 Å². The van der Waals surface area contributed by atoms with Gasteiger partial charge in [0.1, 0.15) is 10.7 Å². The molecule has 6 nitrogen and oxygen atoms in total. The lowest BCUT2D eigenvalue weighted by Gasteiger charge is -2.13. The van der Waals surface area contributed by atoms with Crippen LogP contribution in [0, 0.1) is 12.8 Å². The monoisotopic (exact) mass is 313 g/mol. The van der Waals surface area contributed by atoms with Crippen LogP contribution in [0.4, 0.5) is 0 Å². The minimum absolute atomic E-state index is 0.0571. The van der Waals surface area contributed by atoms with Gasteiger partial charge in [-0.3, -0.25) is 9.48 Å². The average molecular weight is 314 g/mol. The van der Waals surface area contributed by atoms with Crippen LogP contribution in [0.2, 0.25) is 5.15 Å². The normalized spacial score (nSPS) is 18.4. The Hall–Kier alpha value is -1.56. The second-order valence-corrected chi connectivity index (χ2v) is 5.53.